The molecule has 0 aromatic heterocycles. The van der Waals surface area contributed by atoms with Crippen molar-refractivity contribution in [3.8, 4) is 0 Å². The van der Waals surface area contributed by atoms with Crippen molar-refractivity contribution >= 4 is 29.1 Å². The summed E-state index contributed by atoms with van der Waals surface area (Å²) >= 11 is 0. The van der Waals surface area contributed by atoms with E-state index in [2.05, 4.69) is 15.5 Å². The van der Waals surface area contributed by atoms with Gasteiger partial charge in [-0.25, -0.2) is 4.79 Å². The highest BCUT2D eigenvalue weighted by Gasteiger charge is 2.25. The fraction of sp³-hybridized carbons (Fsp3) is 0.440. The Labute approximate surface area is 189 Å². The van der Waals surface area contributed by atoms with Gasteiger partial charge in [0.15, 0.2) is 0 Å². The number of nitrogens with zero attached hydrogens (tertiary/aromatic N) is 1. The Morgan fingerprint density at radius 3 is 2.34 bits per heavy atom. The van der Waals surface area contributed by atoms with E-state index in [1.165, 1.54) is 0 Å². The summed E-state index contributed by atoms with van der Waals surface area (Å²) in [5.41, 5.74) is 4.29. The van der Waals surface area contributed by atoms with Crippen molar-refractivity contribution in [2.24, 2.45) is 0 Å². The molecule has 0 bridgehead atoms. The lowest BCUT2D eigenvalue weighted by Crippen LogP contribution is -2.45. The Morgan fingerprint density at radius 2 is 1.75 bits per heavy atom. The summed E-state index contributed by atoms with van der Waals surface area (Å²) in [5.74, 6) is -0.951. The van der Waals surface area contributed by atoms with Crippen LogP contribution in [0.25, 0.3) is 0 Å². The molecule has 3 N–H and O–H groups in total. The number of carboxylic acid groups (broad SMARTS) is 1. The van der Waals surface area contributed by atoms with Crippen LogP contribution in [0, 0.1) is 6.92 Å². The minimum atomic E-state index is -0.830. The molecule has 0 saturated carbocycles. The number of aryl methyl sites for hydroxylation is 1. The largest absolute Gasteiger partial charge is 0.481 e. The SMILES string of the molecule is CC[C@@H](CC(=O)O)c1ccc(N2C[C@@H](C)O[C@@H](C)C2)c(NC(=O)Nc2ccc(C)cc2)c1. The standard InChI is InChI=1S/C25H33N3O4/c1-5-19(13-24(29)30)20-8-11-23(28-14-17(3)32-18(4)15-28)22(12-20)27-25(31)26-21-9-6-16(2)7-10-21/h6-12,17-19H,5,13-15H2,1-4H3,(H,29,30)(H2,26,27,31)/t17-,18+,19-/m0/s1. The Bertz CT molecular complexity index is 935. The van der Waals surface area contributed by atoms with Crippen LogP contribution in [0.2, 0.25) is 0 Å². The van der Waals surface area contributed by atoms with Gasteiger partial charge in [0.2, 0.25) is 0 Å². The molecule has 2 aromatic carbocycles. The molecule has 0 aliphatic carbocycles. The number of carbonyl (C=O) groups is 2. The molecule has 1 fully saturated rings. The van der Waals surface area contributed by atoms with E-state index in [0.29, 0.717) is 30.9 Å². The molecule has 2 amide bonds. The lowest BCUT2D eigenvalue weighted by atomic mass is 9.92. The number of nitrogens with one attached hydrogen (secondary N) is 2. The van der Waals surface area contributed by atoms with Crippen LogP contribution in [0.15, 0.2) is 42.5 Å². The Kier molecular flexibility index (Phi) is 7.75. The number of aliphatic carboxylic acids is 1. The van der Waals surface area contributed by atoms with E-state index in [9.17, 15) is 14.7 Å². The topological polar surface area (TPSA) is 90.9 Å². The number of carbonyl (C=O) groups excluding carboxylic acids is 1. The molecule has 0 spiro atoms. The molecule has 32 heavy (non-hydrogen) atoms. The maximum atomic E-state index is 12.8. The van der Waals surface area contributed by atoms with Crippen molar-refractivity contribution in [1.82, 2.24) is 0 Å². The van der Waals surface area contributed by atoms with Crippen LogP contribution in [0.5, 0.6) is 0 Å². The molecule has 0 radical (unpaired) electrons. The lowest BCUT2D eigenvalue weighted by molar-refractivity contribution is -0.137. The van der Waals surface area contributed by atoms with E-state index >= 15 is 0 Å². The zero-order valence-electron chi connectivity index (χ0n) is 19.2. The first-order valence-electron chi connectivity index (χ1n) is 11.2. The second-order valence-corrected chi connectivity index (χ2v) is 8.59. The van der Waals surface area contributed by atoms with E-state index in [1.807, 2.05) is 70.2 Å². The number of anilines is 3. The average Bonchev–Trinajstić information content (AvgIpc) is 2.72. The fourth-order valence-corrected chi connectivity index (χ4v) is 4.19. The number of carboxylic acids is 1. The number of ether oxygens (including phenoxy) is 1. The van der Waals surface area contributed by atoms with E-state index in [0.717, 1.165) is 16.8 Å². The third kappa shape index (κ3) is 6.23. The van der Waals surface area contributed by atoms with Gasteiger partial charge in [0.05, 0.1) is 30.0 Å². The summed E-state index contributed by atoms with van der Waals surface area (Å²) in [6.45, 7) is 9.47. The summed E-state index contributed by atoms with van der Waals surface area (Å²) in [7, 11) is 0. The van der Waals surface area contributed by atoms with Crippen molar-refractivity contribution < 1.29 is 19.4 Å². The zero-order chi connectivity index (χ0) is 23.3. The molecular formula is C25H33N3O4. The van der Waals surface area contributed by atoms with Gasteiger partial charge in [-0.15, -0.1) is 0 Å². The first-order chi connectivity index (χ1) is 15.2. The smallest absolute Gasteiger partial charge is 0.323 e. The number of amides is 2. The van der Waals surface area contributed by atoms with Crippen LogP contribution in [0.4, 0.5) is 21.9 Å². The molecule has 1 aliphatic rings. The third-order valence-corrected chi connectivity index (χ3v) is 5.72. The molecule has 3 atom stereocenters. The van der Waals surface area contributed by atoms with Crippen molar-refractivity contribution in [2.75, 3.05) is 28.6 Å². The number of morpholine rings is 1. The molecular weight excluding hydrogens is 406 g/mol. The molecule has 7 heteroatoms. The van der Waals surface area contributed by atoms with Crippen molar-refractivity contribution in [2.45, 2.75) is 58.7 Å². The number of rotatable bonds is 7. The monoisotopic (exact) mass is 439 g/mol. The molecule has 1 aliphatic heterocycles. The summed E-state index contributed by atoms with van der Waals surface area (Å²) in [6.07, 6.45) is 0.897. The Hall–Kier alpha value is -3.06. The van der Waals surface area contributed by atoms with Gasteiger partial charge >= 0.3 is 12.0 Å². The first-order valence-corrected chi connectivity index (χ1v) is 11.2. The molecule has 3 rings (SSSR count). The lowest BCUT2D eigenvalue weighted by Gasteiger charge is -2.38. The van der Waals surface area contributed by atoms with Gasteiger partial charge in [0.1, 0.15) is 0 Å². The van der Waals surface area contributed by atoms with Gasteiger partial charge < -0.3 is 25.4 Å². The summed E-state index contributed by atoms with van der Waals surface area (Å²) in [6, 6.07) is 13.1. The normalized spacial score (nSPS) is 19.3. The minimum Gasteiger partial charge on any atom is -0.481 e. The predicted molar refractivity (Wildman–Crippen MR) is 128 cm³/mol. The highest BCUT2D eigenvalue weighted by molar-refractivity contribution is 6.02. The van der Waals surface area contributed by atoms with Crippen LogP contribution >= 0.6 is 0 Å². The highest BCUT2D eigenvalue weighted by atomic mass is 16.5. The number of hydrogen-bond donors (Lipinski definition) is 3. The Morgan fingerprint density at radius 1 is 1.09 bits per heavy atom. The molecule has 0 unspecified atom stereocenters. The average molecular weight is 440 g/mol. The van der Waals surface area contributed by atoms with Gasteiger partial charge in [-0.2, -0.15) is 0 Å². The second kappa shape index (κ2) is 10.5. The van der Waals surface area contributed by atoms with E-state index < -0.39 is 5.97 Å². The minimum absolute atomic E-state index is 0.0521. The zero-order valence-corrected chi connectivity index (χ0v) is 19.2. The van der Waals surface area contributed by atoms with Gasteiger partial charge in [-0.05, 0) is 62.9 Å². The van der Waals surface area contributed by atoms with E-state index in [4.69, 9.17) is 4.74 Å². The maximum Gasteiger partial charge on any atom is 0.323 e. The summed E-state index contributed by atoms with van der Waals surface area (Å²) in [5, 5.41) is 15.2. The van der Waals surface area contributed by atoms with Crippen molar-refractivity contribution in [3.63, 3.8) is 0 Å². The fourth-order valence-electron chi connectivity index (χ4n) is 4.19. The molecule has 2 aromatic rings. The van der Waals surface area contributed by atoms with Gasteiger partial charge in [0, 0.05) is 18.8 Å². The maximum absolute atomic E-state index is 12.8. The number of benzene rings is 2. The third-order valence-electron chi connectivity index (χ3n) is 5.72. The van der Waals surface area contributed by atoms with Crippen LogP contribution in [0.1, 0.15) is 50.7 Å². The highest BCUT2D eigenvalue weighted by Crippen LogP contribution is 2.34. The molecule has 7 nitrogen and oxygen atoms in total. The molecule has 1 heterocycles. The first kappa shape index (κ1) is 23.6. The van der Waals surface area contributed by atoms with Crippen LogP contribution in [-0.4, -0.2) is 42.4 Å². The van der Waals surface area contributed by atoms with Gasteiger partial charge in [0.25, 0.3) is 0 Å². The van der Waals surface area contributed by atoms with Crippen LogP contribution in [0.3, 0.4) is 0 Å². The number of hydrogen-bond acceptors (Lipinski definition) is 4. The Balaban J connectivity index is 1.89. The predicted octanol–water partition coefficient (Wildman–Crippen LogP) is 5.22. The summed E-state index contributed by atoms with van der Waals surface area (Å²) < 4.78 is 5.86. The number of urea groups is 1. The summed E-state index contributed by atoms with van der Waals surface area (Å²) in [4.78, 5) is 26.3. The van der Waals surface area contributed by atoms with Gasteiger partial charge in [-0.1, -0.05) is 30.7 Å². The molecule has 1 saturated heterocycles. The van der Waals surface area contributed by atoms with Crippen LogP contribution < -0.4 is 15.5 Å². The van der Waals surface area contributed by atoms with E-state index in [-0.39, 0.29) is 30.6 Å². The molecule has 172 valence electrons. The van der Waals surface area contributed by atoms with Crippen molar-refractivity contribution in [3.05, 3.63) is 53.6 Å². The van der Waals surface area contributed by atoms with E-state index in [1.54, 1.807) is 0 Å². The quantitative estimate of drug-likeness (QED) is 0.550. The van der Waals surface area contributed by atoms with Crippen LogP contribution in [-0.2, 0) is 9.53 Å². The van der Waals surface area contributed by atoms with Crippen molar-refractivity contribution in [1.29, 1.82) is 0 Å². The second-order valence-electron chi connectivity index (χ2n) is 8.59. The van der Waals surface area contributed by atoms with Gasteiger partial charge in [-0.3, -0.25) is 4.79 Å².